The van der Waals surface area contributed by atoms with Gasteiger partial charge in [-0.3, -0.25) is 0 Å². The number of fused-ring (bicyclic) bond motifs is 1. The molecule has 0 radical (unpaired) electrons. The molecule has 0 heterocycles. The second kappa shape index (κ2) is 3.53. The molecule has 1 atom stereocenters. The molecule has 2 N–H and O–H groups in total. The highest BCUT2D eigenvalue weighted by Crippen LogP contribution is 2.44. The average molecular weight is 205 g/mol. The predicted molar refractivity (Wildman–Crippen MR) is 62.2 cm³/mol. The fourth-order valence-electron chi connectivity index (χ4n) is 2.55. The molecule has 0 saturated carbocycles. The summed E-state index contributed by atoms with van der Waals surface area (Å²) in [5.74, 6) is 0.979. The Hall–Kier alpha value is -1.02. The van der Waals surface area contributed by atoms with Crippen LogP contribution in [0.15, 0.2) is 18.2 Å². The highest BCUT2D eigenvalue weighted by Gasteiger charge is 2.33. The molecule has 0 aliphatic heterocycles. The van der Waals surface area contributed by atoms with Crippen molar-refractivity contribution in [2.45, 2.75) is 38.1 Å². The lowest BCUT2D eigenvalue weighted by atomic mass is 9.71. The van der Waals surface area contributed by atoms with E-state index < -0.39 is 0 Å². The van der Waals surface area contributed by atoms with Crippen LogP contribution in [0, 0.1) is 0 Å². The van der Waals surface area contributed by atoms with Gasteiger partial charge in [0, 0.05) is 11.6 Å². The maximum atomic E-state index is 6.14. The number of nitrogens with two attached hydrogens (primary N) is 1. The molecule has 82 valence electrons. The smallest absolute Gasteiger partial charge is 0.122 e. The van der Waals surface area contributed by atoms with E-state index in [1.165, 1.54) is 11.1 Å². The van der Waals surface area contributed by atoms with Crippen molar-refractivity contribution < 1.29 is 4.74 Å². The Kier molecular flexibility index (Phi) is 2.47. The molecule has 0 saturated heterocycles. The van der Waals surface area contributed by atoms with Gasteiger partial charge in [0.15, 0.2) is 0 Å². The van der Waals surface area contributed by atoms with E-state index in [-0.39, 0.29) is 11.5 Å². The highest BCUT2D eigenvalue weighted by atomic mass is 16.5. The molecule has 0 amide bonds. The van der Waals surface area contributed by atoms with Crippen LogP contribution in [-0.2, 0) is 5.41 Å². The Morgan fingerprint density at radius 3 is 2.80 bits per heavy atom. The van der Waals surface area contributed by atoms with Crippen molar-refractivity contribution >= 4 is 0 Å². The Labute approximate surface area is 91.4 Å². The summed E-state index contributed by atoms with van der Waals surface area (Å²) in [5.41, 5.74) is 8.87. The third kappa shape index (κ3) is 1.63. The first kappa shape index (κ1) is 10.5. The van der Waals surface area contributed by atoms with Crippen molar-refractivity contribution in [3.05, 3.63) is 29.3 Å². The van der Waals surface area contributed by atoms with Gasteiger partial charge in [0.2, 0.25) is 0 Å². The monoisotopic (exact) mass is 205 g/mol. The number of methoxy groups -OCH3 is 1. The lowest BCUT2D eigenvalue weighted by Crippen LogP contribution is -2.30. The van der Waals surface area contributed by atoms with Gasteiger partial charge in [-0.1, -0.05) is 26.0 Å². The fourth-order valence-corrected chi connectivity index (χ4v) is 2.55. The van der Waals surface area contributed by atoms with Crippen molar-refractivity contribution in [1.82, 2.24) is 0 Å². The van der Waals surface area contributed by atoms with Crippen molar-refractivity contribution in [2.24, 2.45) is 5.73 Å². The minimum atomic E-state index is 0.170. The van der Waals surface area contributed by atoms with Crippen LogP contribution >= 0.6 is 0 Å². The zero-order valence-corrected chi connectivity index (χ0v) is 9.71. The van der Waals surface area contributed by atoms with E-state index in [1.807, 2.05) is 12.1 Å². The summed E-state index contributed by atoms with van der Waals surface area (Å²) in [6.07, 6.45) is 2.19. The molecule has 2 heteroatoms. The fraction of sp³-hybridized carbons (Fsp3) is 0.538. The van der Waals surface area contributed by atoms with Crippen LogP contribution < -0.4 is 10.5 Å². The maximum Gasteiger partial charge on any atom is 0.122 e. The lowest BCUT2D eigenvalue weighted by Gasteiger charge is -2.36. The van der Waals surface area contributed by atoms with Crippen molar-refractivity contribution in [1.29, 1.82) is 0 Å². The summed E-state index contributed by atoms with van der Waals surface area (Å²) in [5, 5.41) is 0. The topological polar surface area (TPSA) is 35.2 Å². The average Bonchev–Trinajstić information content (AvgIpc) is 2.23. The molecule has 0 aromatic heterocycles. The number of benzene rings is 1. The first-order valence-corrected chi connectivity index (χ1v) is 5.49. The molecular weight excluding hydrogens is 186 g/mol. The standard InChI is InChI=1S/C13H19NO/c1-13(2)8-7-10(14)9-5-4-6-11(15-3)12(9)13/h4-6,10H,7-8,14H2,1-3H3. The third-order valence-corrected chi connectivity index (χ3v) is 3.43. The molecule has 1 aromatic rings. The Balaban J connectivity index is 2.62. The molecule has 1 unspecified atom stereocenters. The summed E-state index contributed by atoms with van der Waals surface area (Å²) >= 11 is 0. The zero-order valence-electron chi connectivity index (χ0n) is 9.71. The van der Waals surface area contributed by atoms with Gasteiger partial charge in [-0.15, -0.1) is 0 Å². The molecule has 0 fully saturated rings. The van der Waals surface area contributed by atoms with E-state index in [2.05, 4.69) is 19.9 Å². The van der Waals surface area contributed by atoms with Crippen molar-refractivity contribution in [2.75, 3.05) is 7.11 Å². The highest BCUT2D eigenvalue weighted by molar-refractivity contribution is 5.48. The maximum absolute atomic E-state index is 6.14. The molecule has 15 heavy (non-hydrogen) atoms. The molecule has 0 bridgehead atoms. The number of rotatable bonds is 1. The Bertz CT molecular complexity index is 371. The van der Waals surface area contributed by atoms with E-state index in [1.54, 1.807) is 7.11 Å². The molecule has 0 spiro atoms. The lowest BCUT2D eigenvalue weighted by molar-refractivity contribution is 0.353. The minimum Gasteiger partial charge on any atom is -0.496 e. The van der Waals surface area contributed by atoms with Crippen LogP contribution in [0.5, 0.6) is 5.75 Å². The van der Waals surface area contributed by atoms with E-state index in [0.717, 1.165) is 18.6 Å². The van der Waals surface area contributed by atoms with Crippen LogP contribution in [-0.4, -0.2) is 7.11 Å². The second-order valence-electron chi connectivity index (χ2n) is 4.95. The minimum absolute atomic E-state index is 0.170. The second-order valence-corrected chi connectivity index (χ2v) is 4.95. The summed E-state index contributed by atoms with van der Waals surface area (Å²) in [6.45, 7) is 4.53. The summed E-state index contributed by atoms with van der Waals surface area (Å²) in [6, 6.07) is 6.35. The van der Waals surface area contributed by atoms with Crippen LogP contribution in [0.3, 0.4) is 0 Å². The van der Waals surface area contributed by atoms with Gasteiger partial charge in [0.1, 0.15) is 5.75 Å². The first-order valence-electron chi connectivity index (χ1n) is 5.49. The zero-order chi connectivity index (χ0) is 11.1. The molecule has 1 aliphatic carbocycles. The molecular formula is C13H19NO. The third-order valence-electron chi connectivity index (χ3n) is 3.43. The number of hydrogen-bond acceptors (Lipinski definition) is 2. The van der Waals surface area contributed by atoms with E-state index in [9.17, 15) is 0 Å². The first-order chi connectivity index (χ1) is 7.06. The predicted octanol–water partition coefficient (Wildman–Crippen LogP) is 2.77. The van der Waals surface area contributed by atoms with Gasteiger partial charge in [-0.2, -0.15) is 0 Å². The van der Waals surface area contributed by atoms with Crippen LogP contribution in [0.1, 0.15) is 43.9 Å². The van der Waals surface area contributed by atoms with Gasteiger partial charge in [0.05, 0.1) is 7.11 Å². The van der Waals surface area contributed by atoms with Crippen LogP contribution in [0.25, 0.3) is 0 Å². The van der Waals surface area contributed by atoms with Gasteiger partial charge < -0.3 is 10.5 Å². The van der Waals surface area contributed by atoms with E-state index in [0.29, 0.717) is 0 Å². The van der Waals surface area contributed by atoms with E-state index in [4.69, 9.17) is 10.5 Å². The largest absolute Gasteiger partial charge is 0.496 e. The summed E-state index contributed by atoms with van der Waals surface area (Å²) < 4.78 is 5.44. The van der Waals surface area contributed by atoms with Crippen LogP contribution in [0.4, 0.5) is 0 Å². The SMILES string of the molecule is COc1cccc2c1C(C)(C)CCC2N. The van der Waals surface area contributed by atoms with Gasteiger partial charge in [0.25, 0.3) is 0 Å². The number of ether oxygens (including phenoxy) is 1. The molecule has 1 aromatic carbocycles. The van der Waals surface area contributed by atoms with Crippen molar-refractivity contribution in [3.63, 3.8) is 0 Å². The molecule has 1 aliphatic rings. The van der Waals surface area contributed by atoms with Gasteiger partial charge >= 0.3 is 0 Å². The van der Waals surface area contributed by atoms with Crippen molar-refractivity contribution in [3.8, 4) is 5.75 Å². The Morgan fingerprint density at radius 1 is 1.40 bits per heavy atom. The number of hydrogen-bond donors (Lipinski definition) is 1. The quantitative estimate of drug-likeness (QED) is 0.765. The van der Waals surface area contributed by atoms with Crippen LogP contribution in [0.2, 0.25) is 0 Å². The van der Waals surface area contributed by atoms with Gasteiger partial charge in [-0.05, 0) is 29.9 Å². The molecule has 2 nitrogen and oxygen atoms in total. The summed E-state index contributed by atoms with van der Waals surface area (Å²) in [4.78, 5) is 0. The Morgan fingerprint density at radius 2 is 2.13 bits per heavy atom. The summed E-state index contributed by atoms with van der Waals surface area (Å²) in [7, 11) is 1.73. The molecule has 2 rings (SSSR count). The van der Waals surface area contributed by atoms with Gasteiger partial charge in [-0.25, -0.2) is 0 Å². The van der Waals surface area contributed by atoms with E-state index >= 15 is 0 Å². The normalized spacial score (nSPS) is 23.3.